The summed E-state index contributed by atoms with van der Waals surface area (Å²) in [6.07, 6.45) is 4.56. The quantitative estimate of drug-likeness (QED) is 0.831. The molecule has 1 unspecified atom stereocenters. The molecule has 0 saturated heterocycles. The van der Waals surface area contributed by atoms with E-state index in [2.05, 4.69) is 22.4 Å². The molecule has 2 aromatic rings. The SMILES string of the molecule is CC(Cc1ccc(F)cc1)NCc1cn[nH]c1. The van der Waals surface area contributed by atoms with Gasteiger partial charge in [-0.1, -0.05) is 12.1 Å². The third-order valence-corrected chi connectivity index (χ3v) is 2.66. The van der Waals surface area contributed by atoms with Crippen LogP contribution >= 0.6 is 0 Å². The van der Waals surface area contributed by atoms with Crippen molar-refractivity contribution in [3.63, 3.8) is 0 Å². The highest BCUT2D eigenvalue weighted by molar-refractivity contribution is 5.17. The fourth-order valence-electron chi connectivity index (χ4n) is 1.71. The zero-order valence-electron chi connectivity index (χ0n) is 9.78. The fourth-order valence-corrected chi connectivity index (χ4v) is 1.71. The molecule has 90 valence electrons. The van der Waals surface area contributed by atoms with E-state index in [4.69, 9.17) is 0 Å². The highest BCUT2D eigenvalue weighted by atomic mass is 19.1. The maximum Gasteiger partial charge on any atom is 0.123 e. The standard InChI is InChI=1S/C13H16FN3/c1-10(15-7-12-8-16-17-9-12)6-11-2-4-13(14)5-3-11/h2-5,8-10,15H,6-7H2,1H3,(H,16,17). The van der Waals surface area contributed by atoms with Crippen molar-refractivity contribution in [1.82, 2.24) is 15.5 Å². The van der Waals surface area contributed by atoms with Crippen molar-refractivity contribution in [2.45, 2.75) is 25.9 Å². The molecule has 17 heavy (non-hydrogen) atoms. The number of hydrogen-bond donors (Lipinski definition) is 2. The van der Waals surface area contributed by atoms with Gasteiger partial charge in [0.05, 0.1) is 6.20 Å². The number of nitrogens with one attached hydrogen (secondary N) is 2. The van der Waals surface area contributed by atoms with Crippen LogP contribution in [0.5, 0.6) is 0 Å². The Balaban J connectivity index is 1.80. The Kier molecular flexibility index (Phi) is 3.88. The molecule has 0 radical (unpaired) electrons. The van der Waals surface area contributed by atoms with Gasteiger partial charge in [0.2, 0.25) is 0 Å². The van der Waals surface area contributed by atoms with Gasteiger partial charge < -0.3 is 5.32 Å². The average Bonchev–Trinajstić information content (AvgIpc) is 2.83. The van der Waals surface area contributed by atoms with E-state index >= 15 is 0 Å². The minimum atomic E-state index is -0.187. The van der Waals surface area contributed by atoms with Crippen LogP contribution in [0.15, 0.2) is 36.7 Å². The number of halogens is 1. The van der Waals surface area contributed by atoms with Gasteiger partial charge in [0.1, 0.15) is 5.82 Å². The topological polar surface area (TPSA) is 40.7 Å². The Morgan fingerprint density at radius 1 is 1.29 bits per heavy atom. The number of H-pyrrole nitrogens is 1. The van der Waals surface area contributed by atoms with Gasteiger partial charge in [-0.05, 0) is 31.0 Å². The lowest BCUT2D eigenvalue weighted by molar-refractivity contribution is 0.544. The van der Waals surface area contributed by atoms with Crippen LogP contribution in [-0.4, -0.2) is 16.2 Å². The summed E-state index contributed by atoms with van der Waals surface area (Å²) >= 11 is 0. The van der Waals surface area contributed by atoms with Crippen LogP contribution in [0.3, 0.4) is 0 Å². The van der Waals surface area contributed by atoms with Gasteiger partial charge in [0, 0.05) is 24.3 Å². The van der Waals surface area contributed by atoms with Gasteiger partial charge in [0.25, 0.3) is 0 Å². The molecule has 2 N–H and O–H groups in total. The summed E-state index contributed by atoms with van der Waals surface area (Å²) in [5, 5.41) is 10.1. The second-order valence-corrected chi connectivity index (χ2v) is 4.22. The van der Waals surface area contributed by atoms with Crippen molar-refractivity contribution in [3.05, 3.63) is 53.6 Å². The minimum Gasteiger partial charge on any atom is -0.310 e. The Labute approximate surface area is 100 Å². The Morgan fingerprint density at radius 3 is 2.71 bits per heavy atom. The van der Waals surface area contributed by atoms with Gasteiger partial charge in [-0.25, -0.2) is 4.39 Å². The summed E-state index contributed by atoms with van der Waals surface area (Å²) in [6.45, 7) is 2.91. The molecule has 0 aliphatic heterocycles. The van der Waals surface area contributed by atoms with Crippen molar-refractivity contribution >= 4 is 0 Å². The van der Waals surface area contributed by atoms with Crippen LogP contribution in [0, 0.1) is 5.82 Å². The summed E-state index contributed by atoms with van der Waals surface area (Å²) in [5.41, 5.74) is 2.27. The Morgan fingerprint density at radius 2 is 2.06 bits per heavy atom. The van der Waals surface area contributed by atoms with E-state index in [1.807, 2.05) is 18.3 Å². The van der Waals surface area contributed by atoms with E-state index in [1.54, 1.807) is 6.20 Å². The summed E-state index contributed by atoms with van der Waals surface area (Å²) in [5.74, 6) is -0.187. The molecule has 0 amide bonds. The van der Waals surface area contributed by atoms with E-state index in [-0.39, 0.29) is 5.82 Å². The molecule has 0 fully saturated rings. The summed E-state index contributed by atoms with van der Waals surface area (Å²) < 4.78 is 12.7. The largest absolute Gasteiger partial charge is 0.310 e. The van der Waals surface area contributed by atoms with Crippen molar-refractivity contribution in [3.8, 4) is 0 Å². The van der Waals surface area contributed by atoms with Crippen LogP contribution in [0.4, 0.5) is 4.39 Å². The maximum absolute atomic E-state index is 12.7. The molecule has 1 aromatic heterocycles. The molecule has 3 nitrogen and oxygen atoms in total. The third kappa shape index (κ3) is 3.67. The fraction of sp³-hybridized carbons (Fsp3) is 0.308. The molecular weight excluding hydrogens is 217 g/mol. The summed E-state index contributed by atoms with van der Waals surface area (Å²) in [6, 6.07) is 6.99. The van der Waals surface area contributed by atoms with Crippen LogP contribution in [-0.2, 0) is 13.0 Å². The van der Waals surface area contributed by atoms with E-state index in [9.17, 15) is 4.39 Å². The first kappa shape index (κ1) is 11.8. The van der Waals surface area contributed by atoms with Gasteiger partial charge in [-0.3, -0.25) is 5.10 Å². The molecule has 1 heterocycles. The van der Waals surface area contributed by atoms with Crippen molar-refractivity contribution in [2.75, 3.05) is 0 Å². The van der Waals surface area contributed by atoms with E-state index in [0.717, 1.165) is 24.1 Å². The number of aromatic amines is 1. The first-order valence-electron chi connectivity index (χ1n) is 5.69. The number of rotatable bonds is 5. The molecule has 0 aliphatic carbocycles. The maximum atomic E-state index is 12.7. The average molecular weight is 233 g/mol. The number of aromatic nitrogens is 2. The van der Waals surface area contributed by atoms with Crippen LogP contribution in [0.1, 0.15) is 18.1 Å². The van der Waals surface area contributed by atoms with E-state index in [1.165, 1.54) is 12.1 Å². The van der Waals surface area contributed by atoms with Crippen LogP contribution < -0.4 is 5.32 Å². The van der Waals surface area contributed by atoms with Crippen LogP contribution in [0.2, 0.25) is 0 Å². The molecule has 4 heteroatoms. The number of hydrogen-bond acceptors (Lipinski definition) is 2. The second-order valence-electron chi connectivity index (χ2n) is 4.22. The van der Waals surface area contributed by atoms with E-state index in [0.29, 0.717) is 6.04 Å². The van der Waals surface area contributed by atoms with Crippen molar-refractivity contribution in [2.24, 2.45) is 0 Å². The zero-order chi connectivity index (χ0) is 12.1. The lowest BCUT2D eigenvalue weighted by Gasteiger charge is -2.13. The van der Waals surface area contributed by atoms with Crippen LogP contribution in [0.25, 0.3) is 0 Å². The second kappa shape index (κ2) is 5.59. The van der Waals surface area contributed by atoms with Gasteiger partial charge in [-0.15, -0.1) is 0 Å². The van der Waals surface area contributed by atoms with Gasteiger partial charge in [-0.2, -0.15) is 5.10 Å². The normalized spacial score (nSPS) is 12.6. The predicted molar refractivity (Wildman–Crippen MR) is 65.0 cm³/mol. The molecule has 0 aliphatic rings. The first-order chi connectivity index (χ1) is 8.24. The number of benzene rings is 1. The Bertz CT molecular complexity index is 436. The van der Waals surface area contributed by atoms with Gasteiger partial charge in [0.15, 0.2) is 0 Å². The van der Waals surface area contributed by atoms with Crippen molar-refractivity contribution in [1.29, 1.82) is 0 Å². The molecule has 0 bridgehead atoms. The van der Waals surface area contributed by atoms with Crippen molar-refractivity contribution < 1.29 is 4.39 Å². The molecule has 1 atom stereocenters. The highest BCUT2D eigenvalue weighted by Crippen LogP contribution is 2.06. The number of nitrogens with zero attached hydrogens (tertiary/aromatic N) is 1. The smallest absolute Gasteiger partial charge is 0.123 e. The third-order valence-electron chi connectivity index (χ3n) is 2.66. The molecular formula is C13H16FN3. The highest BCUT2D eigenvalue weighted by Gasteiger charge is 2.03. The molecule has 2 rings (SSSR count). The monoisotopic (exact) mass is 233 g/mol. The lowest BCUT2D eigenvalue weighted by atomic mass is 10.1. The minimum absolute atomic E-state index is 0.187. The summed E-state index contributed by atoms with van der Waals surface area (Å²) in [4.78, 5) is 0. The lowest BCUT2D eigenvalue weighted by Crippen LogP contribution is -2.27. The zero-order valence-corrected chi connectivity index (χ0v) is 9.78. The first-order valence-corrected chi connectivity index (χ1v) is 5.69. The predicted octanol–water partition coefficient (Wildman–Crippen LogP) is 2.27. The molecule has 0 spiro atoms. The van der Waals surface area contributed by atoms with Gasteiger partial charge >= 0.3 is 0 Å². The molecule has 0 saturated carbocycles. The van der Waals surface area contributed by atoms with E-state index < -0.39 is 0 Å². The molecule has 1 aromatic carbocycles. The summed E-state index contributed by atoms with van der Waals surface area (Å²) in [7, 11) is 0. The Hall–Kier alpha value is -1.68.